The van der Waals surface area contributed by atoms with Gasteiger partial charge in [0.1, 0.15) is 6.04 Å². The predicted octanol–water partition coefficient (Wildman–Crippen LogP) is 3.12. The summed E-state index contributed by atoms with van der Waals surface area (Å²) in [5.74, 6) is -1.82. The Bertz CT molecular complexity index is 570. The molecule has 1 amide bonds. The Hall–Kier alpha value is -1.83. The van der Waals surface area contributed by atoms with E-state index < -0.39 is 29.7 Å². The van der Waals surface area contributed by atoms with Crippen molar-refractivity contribution in [3.63, 3.8) is 0 Å². The highest BCUT2D eigenvalue weighted by atomic mass is 79.9. The van der Waals surface area contributed by atoms with E-state index in [-0.39, 0.29) is 12.8 Å². The van der Waals surface area contributed by atoms with Crippen molar-refractivity contribution in [1.29, 1.82) is 0 Å². The molecule has 1 aromatic carbocycles. The van der Waals surface area contributed by atoms with E-state index in [1.165, 1.54) is 12.1 Å². The van der Waals surface area contributed by atoms with Crippen molar-refractivity contribution >= 4 is 27.8 Å². The molecule has 0 aliphatic carbocycles. The molecule has 0 spiro atoms. The maximum atomic E-state index is 12.4. The minimum absolute atomic E-state index is 0.00802. The van der Waals surface area contributed by atoms with Crippen LogP contribution < -0.4 is 5.32 Å². The van der Waals surface area contributed by atoms with Crippen molar-refractivity contribution in [2.24, 2.45) is 0 Å². The van der Waals surface area contributed by atoms with Gasteiger partial charge in [-0.05, 0) is 22.2 Å². The molecule has 0 heterocycles. The molecule has 0 saturated heterocycles. The van der Waals surface area contributed by atoms with Crippen LogP contribution in [-0.4, -0.2) is 23.0 Å². The number of amides is 1. The van der Waals surface area contributed by atoms with Crippen LogP contribution in [0.5, 0.6) is 0 Å². The molecule has 0 saturated carbocycles. The molecule has 0 aliphatic heterocycles. The van der Waals surface area contributed by atoms with Gasteiger partial charge in [-0.2, -0.15) is 13.2 Å². The van der Waals surface area contributed by atoms with Crippen LogP contribution in [0.25, 0.3) is 0 Å². The van der Waals surface area contributed by atoms with E-state index in [4.69, 9.17) is 5.11 Å². The van der Waals surface area contributed by atoms with Gasteiger partial charge in [0.15, 0.2) is 0 Å². The molecule has 1 aromatic rings. The molecule has 1 rings (SSSR count). The Morgan fingerprint density at radius 3 is 2.23 bits per heavy atom. The first kappa shape index (κ1) is 18.2. The summed E-state index contributed by atoms with van der Waals surface area (Å²) in [4.78, 5) is 22.7. The highest BCUT2D eigenvalue weighted by Crippen LogP contribution is 2.29. The molecular formula is C14H13BrF3NO3. The smallest absolute Gasteiger partial charge is 0.416 e. The molecule has 120 valence electrons. The van der Waals surface area contributed by atoms with E-state index in [2.05, 4.69) is 27.8 Å². The number of carbonyl (C=O) groups excluding carboxylic acids is 1. The van der Waals surface area contributed by atoms with Gasteiger partial charge < -0.3 is 10.4 Å². The van der Waals surface area contributed by atoms with Crippen LogP contribution in [0.4, 0.5) is 13.2 Å². The van der Waals surface area contributed by atoms with Crippen LogP contribution in [0.3, 0.4) is 0 Å². The molecule has 2 N–H and O–H groups in total. The molecule has 0 unspecified atom stereocenters. The molecule has 0 aromatic heterocycles. The lowest BCUT2D eigenvalue weighted by atomic mass is 10.1. The number of benzene rings is 1. The van der Waals surface area contributed by atoms with Gasteiger partial charge in [0.25, 0.3) is 0 Å². The summed E-state index contributed by atoms with van der Waals surface area (Å²) in [7, 11) is 0. The maximum Gasteiger partial charge on any atom is 0.416 e. The predicted molar refractivity (Wildman–Crippen MR) is 77.4 cm³/mol. The van der Waals surface area contributed by atoms with Gasteiger partial charge in [-0.3, -0.25) is 4.79 Å². The normalized spacial score (nSPS) is 12.5. The van der Waals surface area contributed by atoms with Crippen LogP contribution >= 0.6 is 15.9 Å². The number of hydrogen-bond acceptors (Lipinski definition) is 2. The first-order chi connectivity index (χ1) is 10.1. The lowest BCUT2D eigenvalue weighted by Gasteiger charge is -2.14. The van der Waals surface area contributed by atoms with Crippen molar-refractivity contribution in [3.8, 4) is 0 Å². The van der Waals surface area contributed by atoms with Crippen LogP contribution in [-0.2, 0) is 22.2 Å². The minimum Gasteiger partial charge on any atom is -0.480 e. The monoisotopic (exact) mass is 379 g/mol. The molecule has 8 heteroatoms. The van der Waals surface area contributed by atoms with Crippen LogP contribution in [0.2, 0.25) is 0 Å². The second kappa shape index (κ2) is 7.44. The molecule has 0 fully saturated rings. The van der Waals surface area contributed by atoms with Crippen molar-refractivity contribution in [3.05, 3.63) is 46.5 Å². The number of carboxylic acid groups (broad SMARTS) is 1. The molecule has 0 bridgehead atoms. The summed E-state index contributed by atoms with van der Waals surface area (Å²) in [6, 6.07) is 2.96. The third-order valence-corrected chi connectivity index (χ3v) is 3.03. The highest BCUT2D eigenvalue weighted by Gasteiger charge is 2.30. The topological polar surface area (TPSA) is 66.4 Å². The van der Waals surface area contributed by atoms with E-state index in [0.29, 0.717) is 10.0 Å². The number of alkyl halides is 3. The van der Waals surface area contributed by atoms with E-state index in [0.717, 1.165) is 12.1 Å². The maximum absolute atomic E-state index is 12.4. The summed E-state index contributed by atoms with van der Waals surface area (Å²) >= 11 is 3.01. The highest BCUT2D eigenvalue weighted by molar-refractivity contribution is 9.11. The number of aliphatic carboxylic acids is 1. The van der Waals surface area contributed by atoms with Crippen LogP contribution in [0.1, 0.15) is 17.5 Å². The fraction of sp³-hybridized carbons (Fsp3) is 0.286. The van der Waals surface area contributed by atoms with Crippen LogP contribution in [0, 0.1) is 0 Å². The van der Waals surface area contributed by atoms with Crippen LogP contribution in [0.15, 0.2) is 35.3 Å². The van der Waals surface area contributed by atoms with Gasteiger partial charge in [-0.1, -0.05) is 34.6 Å². The molecular weight excluding hydrogens is 367 g/mol. The summed E-state index contributed by atoms with van der Waals surface area (Å²) in [5.41, 5.74) is -0.456. The molecule has 0 aliphatic rings. The first-order valence-corrected chi connectivity index (χ1v) is 6.90. The second-order valence-electron chi connectivity index (χ2n) is 4.55. The van der Waals surface area contributed by atoms with E-state index in [1.54, 1.807) is 0 Å². The third kappa shape index (κ3) is 5.88. The number of carboxylic acids is 1. The average Bonchev–Trinajstić information content (AvgIpc) is 2.36. The summed E-state index contributed by atoms with van der Waals surface area (Å²) in [6.07, 6.45) is -4.64. The van der Waals surface area contributed by atoms with Crippen molar-refractivity contribution < 1.29 is 27.9 Å². The molecule has 22 heavy (non-hydrogen) atoms. The SMILES string of the molecule is C=C(Br)C[C@H](NC(=O)Cc1ccc(C(F)(F)F)cc1)C(=O)O. The fourth-order valence-corrected chi connectivity index (χ4v) is 1.99. The zero-order valence-corrected chi connectivity index (χ0v) is 12.9. The third-order valence-electron chi connectivity index (χ3n) is 2.70. The van der Waals surface area contributed by atoms with Gasteiger partial charge in [0, 0.05) is 6.42 Å². The Kier molecular flexibility index (Phi) is 6.16. The van der Waals surface area contributed by atoms with Crippen molar-refractivity contribution in [2.45, 2.75) is 25.1 Å². The molecule has 1 atom stereocenters. The van der Waals surface area contributed by atoms with Gasteiger partial charge in [-0.15, -0.1) is 0 Å². The van der Waals surface area contributed by atoms with E-state index >= 15 is 0 Å². The van der Waals surface area contributed by atoms with Gasteiger partial charge in [0.2, 0.25) is 5.91 Å². The average molecular weight is 380 g/mol. The Labute approximate surface area is 133 Å². The van der Waals surface area contributed by atoms with E-state index in [9.17, 15) is 22.8 Å². The zero-order chi connectivity index (χ0) is 16.9. The summed E-state index contributed by atoms with van der Waals surface area (Å²) in [5, 5.41) is 11.3. The van der Waals surface area contributed by atoms with Crippen molar-refractivity contribution in [2.75, 3.05) is 0 Å². The number of rotatable bonds is 6. The summed E-state index contributed by atoms with van der Waals surface area (Å²) < 4.78 is 37.6. The minimum atomic E-state index is -4.44. The van der Waals surface area contributed by atoms with Gasteiger partial charge >= 0.3 is 12.1 Å². The lowest BCUT2D eigenvalue weighted by molar-refractivity contribution is -0.141. The van der Waals surface area contributed by atoms with Gasteiger partial charge in [0.05, 0.1) is 12.0 Å². The molecule has 0 radical (unpaired) electrons. The largest absolute Gasteiger partial charge is 0.480 e. The van der Waals surface area contributed by atoms with Gasteiger partial charge in [-0.25, -0.2) is 4.79 Å². The fourth-order valence-electron chi connectivity index (χ4n) is 1.66. The number of carbonyl (C=O) groups is 2. The molecule has 4 nitrogen and oxygen atoms in total. The standard InChI is InChI=1S/C14H13BrF3NO3/c1-8(15)6-11(13(21)22)19-12(20)7-9-2-4-10(5-3-9)14(16,17)18/h2-5,11H,1,6-7H2,(H,19,20)(H,21,22)/t11-/m0/s1. The number of hydrogen-bond donors (Lipinski definition) is 2. The second-order valence-corrected chi connectivity index (χ2v) is 5.67. The Morgan fingerprint density at radius 1 is 1.27 bits per heavy atom. The zero-order valence-electron chi connectivity index (χ0n) is 11.3. The number of halogens is 4. The lowest BCUT2D eigenvalue weighted by Crippen LogP contribution is -2.41. The van der Waals surface area contributed by atoms with Crippen molar-refractivity contribution in [1.82, 2.24) is 5.32 Å². The first-order valence-electron chi connectivity index (χ1n) is 6.11. The quantitative estimate of drug-likeness (QED) is 0.797. The summed E-state index contributed by atoms with van der Waals surface area (Å²) in [6.45, 7) is 3.50. The van der Waals surface area contributed by atoms with E-state index in [1.807, 2.05) is 0 Å². The Morgan fingerprint density at radius 2 is 1.82 bits per heavy atom. The Balaban J connectivity index is 2.68. The number of nitrogens with one attached hydrogen (secondary N) is 1.